The maximum atomic E-state index is 12.3. The summed E-state index contributed by atoms with van der Waals surface area (Å²) < 4.78 is 24.5. The Bertz CT molecular complexity index is 863. The Kier molecular flexibility index (Phi) is 4.78. The number of benzene rings is 1. The molecule has 0 radical (unpaired) electrons. The zero-order valence-corrected chi connectivity index (χ0v) is 15.8. The number of nitrogens with zero attached hydrogens (tertiary/aromatic N) is 3. The highest BCUT2D eigenvalue weighted by molar-refractivity contribution is 7.90. The number of hydrogen-bond donors (Lipinski definition) is 3. The number of piperazine rings is 1. The van der Waals surface area contributed by atoms with Gasteiger partial charge in [-0.05, 0) is 19.1 Å². The van der Waals surface area contributed by atoms with Gasteiger partial charge in [0.2, 0.25) is 0 Å². The summed E-state index contributed by atoms with van der Waals surface area (Å²) in [5, 5.41) is 18.2. The standard InChI is InChI=1S/C16H23N5O4S/c1-16(19-23)14(18-20(2)15(16)22)11-4-5-13(26(3,24)25)12(10-11)21-8-6-17-7-9-21/h4-5,10,17,19,23H,6-9H2,1-3H3. The van der Waals surface area contributed by atoms with Crippen LogP contribution in [0, 0.1) is 0 Å². The maximum Gasteiger partial charge on any atom is 0.270 e. The average Bonchev–Trinajstić information content (AvgIpc) is 2.86. The van der Waals surface area contributed by atoms with E-state index in [1.165, 1.54) is 26.3 Å². The number of anilines is 1. The zero-order valence-electron chi connectivity index (χ0n) is 15.0. The number of rotatable bonds is 4. The molecule has 1 aromatic carbocycles. The Labute approximate surface area is 152 Å². The van der Waals surface area contributed by atoms with Crippen molar-refractivity contribution in [3.05, 3.63) is 23.8 Å². The number of hydroxylamine groups is 1. The number of sulfone groups is 1. The molecule has 0 bridgehead atoms. The lowest BCUT2D eigenvalue weighted by molar-refractivity contribution is -0.134. The van der Waals surface area contributed by atoms with E-state index in [1.807, 2.05) is 10.4 Å². The Morgan fingerprint density at radius 3 is 2.54 bits per heavy atom. The highest BCUT2D eigenvalue weighted by Crippen LogP contribution is 2.31. The van der Waals surface area contributed by atoms with Crippen LogP contribution >= 0.6 is 0 Å². The fourth-order valence-electron chi connectivity index (χ4n) is 3.30. The van der Waals surface area contributed by atoms with Gasteiger partial charge in [0, 0.05) is 45.0 Å². The fraction of sp³-hybridized carbons (Fsp3) is 0.500. The van der Waals surface area contributed by atoms with E-state index in [-0.39, 0.29) is 4.90 Å². The lowest BCUT2D eigenvalue weighted by Gasteiger charge is -2.31. The molecule has 9 nitrogen and oxygen atoms in total. The van der Waals surface area contributed by atoms with Gasteiger partial charge < -0.3 is 15.4 Å². The van der Waals surface area contributed by atoms with Crippen LogP contribution in [0.5, 0.6) is 0 Å². The van der Waals surface area contributed by atoms with Crippen LogP contribution in [0.2, 0.25) is 0 Å². The van der Waals surface area contributed by atoms with Crippen LogP contribution in [0.15, 0.2) is 28.2 Å². The normalized spacial score (nSPS) is 24.2. The number of hydrogen-bond acceptors (Lipinski definition) is 8. The molecule has 2 heterocycles. The van der Waals surface area contributed by atoms with Crippen molar-refractivity contribution < 1.29 is 18.4 Å². The van der Waals surface area contributed by atoms with Gasteiger partial charge in [-0.3, -0.25) is 4.79 Å². The largest absolute Gasteiger partial charge is 0.368 e. The Balaban J connectivity index is 2.13. The third-order valence-corrected chi connectivity index (χ3v) is 5.90. The van der Waals surface area contributed by atoms with Gasteiger partial charge in [-0.15, -0.1) is 0 Å². The molecule has 1 aromatic rings. The molecule has 1 unspecified atom stereocenters. The van der Waals surface area contributed by atoms with Crippen LogP contribution in [-0.2, 0) is 14.6 Å². The Hall–Kier alpha value is -2.01. The first-order chi connectivity index (χ1) is 12.2. The molecule has 2 aliphatic heterocycles. The van der Waals surface area contributed by atoms with E-state index in [0.29, 0.717) is 30.1 Å². The first-order valence-corrected chi connectivity index (χ1v) is 10.2. The highest BCUT2D eigenvalue weighted by Gasteiger charge is 2.46. The minimum atomic E-state index is -3.42. The van der Waals surface area contributed by atoms with Crippen LogP contribution < -0.4 is 15.7 Å². The predicted octanol–water partition coefficient (Wildman–Crippen LogP) is -0.587. The first kappa shape index (κ1) is 18.8. The summed E-state index contributed by atoms with van der Waals surface area (Å²) in [7, 11) is -1.92. The molecule has 10 heteroatoms. The molecule has 142 valence electrons. The second kappa shape index (κ2) is 6.62. The lowest BCUT2D eigenvalue weighted by atomic mass is 9.91. The smallest absolute Gasteiger partial charge is 0.270 e. The third kappa shape index (κ3) is 3.09. The summed E-state index contributed by atoms with van der Waals surface area (Å²) in [4.78, 5) is 14.6. The molecule has 1 atom stereocenters. The summed E-state index contributed by atoms with van der Waals surface area (Å²) in [6, 6.07) is 4.87. The molecule has 0 aliphatic carbocycles. The van der Waals surface area contributed by atoms with E-state index in [2.05, 4.69) is 10.4 Å². The van der Waals surface area contributed by atoms with Crippen molar-refractivity contribution in [3.8, 4) is 0 Å². The van der Waals surface area contributed by atoms with Gasteiger partial charge in [-0.1, -0.05) is 6.07 Å². The Morgan fingerprint density at radius 1 is 1.31 bits per heavy atom. The SMILES string of the molecule is CN1N=C(c2ccc(S(C)(=O)=O)c(N3CCNCC3)c2)C(C)(NO)C1=O. The second-order valence-corrected chi connectivity index (χ2v) is 8.69. The van der Waals surface area contributed by atoms with Gasteiger partial charge in [0.1, 0.15) is 5.71 Å². The number of nitrogens with one attached hydrogen (secondary N) is 2. The fourth-order valence-corrected chi connectivity index (χ4v) is 4.18. The van der Waals surface area contributed by atoms with E-state index in [9.17, 15) is 18.4 Å². The van der Waals surface area contributed by atoms with Crippen molar-refractivity contribution in [1.29, 1.82) is 0 Å². The number of carbonyl (C=O) groups excluding carboxylic acids is 1. The van der Waals surface area contributed by atoms with Crippen LogP contribution in [0.25, 0.3) is 0 Å². The van der Waals surface area contributed by atoms with Gasteiger partial charge in [0.05, 0.1) is 10.6 Å². The summed E-state index contributed by atoms with van der Waals surface area (Å²) in [5.41, 5.74) is 2.16. The minimum Gasteiger partial charge on any atom is -0.368 e. The summed E-state index contributed by atoms with van der Waals surface area (Å²) in [6.07, 6.45) is 1.18. The van der Waals surface area contributed by atoms with Gasteiger partial charge >= 0.3 is 0 Å². The molecule has 1 amide bonds. The van der Waals surface area contributed by atoms with Crippen molar-refractivity contribution in [2.45, 2.75) is 17.4 Å². The average molecular weight is 381 g/mol. The molecule has 2 aliphatic rings. The van der Waals surface area contributed by atoms with E-state index in [1.54, 1.807) is 12.1 Å². The first-order valence-electron chi connectivity index (χ1n) is 8.27. The molecular weight excluding hydrogens is 358 g/mol. The van der Waals surface area contributed by atoms with E-state index in [4.69, 9.17) is 0 Å². The van der Waals surface area contributed by atoms with Crippen molar-refractivity contribution in [2.24, 2.45) is 5.10 Å². The molecule has 0 spiro atoms. The Morgan fingerprint density at radius 2 is 1.96 bits per heavy atom. The number of amides is 1. The van der Waals surface area contributed by atoms with Crippen molar-refractivity contribution >= 4 is 27.1 Å². The molecule has 0 saturated carbocycles. The van der Waals surface area contributed by atoms with Crippen LogP contribution in [0.4, 0.5) is 5.69 Å². The van der Waals surface area contributed by atoms with E-state index < -0.39 is 21.3 Å². The monoisotopic (exact) mass is 381 g/mol. The number of likely N-dealkylation sites (N-methyl/N-ethyl adjacent to an activating group) is 1. The topological polar surface area (TPSA) is 114 Å². The van der Waals surface area contributed by atoms with Crippen LogP contribution in [0.3, 0.4) is 0 Å². The molecular formula is C16H23N5O4S. The van der Waals surface area contributed by atoms with Crippen molar-refractivity contribution in [1.82, 2.24) is 15.8 Å². The summed E-state index contributed by atoms with van der Waals surface area (Å²) >= 11 is 0. The second-order valence-electron chi connectivity index (χ2n) is 6.71. The summed E-state index contributed by atoms with van der Waals surface area (Å²) in [5.74, 6) is -0.397. The molecule has 26 heavy (non-hydrogen) atoms. The molecule has 1 fully saturated rings. The van der Waals surface area contributed by atoms with Crippen molar-refractivity contribution in [3.63, 3.8) is 0 Å². The number of hydrazone groups is 1. The van der Waals surface area contributed by atoms with E-state index in [0.717, 1.165) is 18.1 Å². The molecule has 1 saturated heterocycles. The van der Waals surface area contributed by atoms with Gasteiger partial charge in [0.15, 0.2) is 15.4 Å². The molecule has 0 aromatic heterocycles. The minimum absolute atomic E-state index is 0.236. The quantitative estimate of drug-likeness (QED) is 0.598. The van der Waals surface area contributed by atoms with Gasteiger partial charge in [-0.25, -0.2) is 13.4 Å². The van der Waals surface area contributed by atoms with Gasteiger partial charge in [0.25, 0.3) is 5.91 Å². The highest BCUT2D eigenvalue weighted by atomic mass is 32.2. The van der Waals surface area contributed by atoms with Crippen LogP contribution in [-0.4, -0.2) is 75.3 Å². The predicted molar refractivity (Wildman–Crippen MR) is 97.3 cm³/mol. The van der Waals surface area contributed by atoms with Crippen LogP contribution in [0.1, 0.15) is 12.5 Å². The van der Waals surface area contributed by atoms with Gasteiger partial charge in [-0.2, -0.15) is 10.6 Å². The maximum absolute atomic E-state index is 12.3. The lowest BCUT2D eigenvalue weighted by Crippen LogP contribution is -2.54. The van der Waals surface area contributed by atoms with Crippen molar-refractivity contribution in [2.75, 3.05) is 44.4 Å². The zero-order chi connectivity index (χ0) is 19.1. The molecule has 3 N–H and O–H groups in total. The third-order valence-electron chi connectivity index (χ3n) is 4.76. The molecule has 3 rings (SSSR count). The van der Waals surface area contributed by atoms with E-state index >= 15 is 0 Å². The summed E-state index contributed by atoms with van der Waals surface area (Å²) in [6.45, 7) is 4.39. The number of carbonyl (C=O) groups is 1.